The molecule has 0 aliphatic heterocycles. The molecule has 0 fully saturated rings. The molecule has 2 aromatic carbocycles. The normalized spacial score (nSPS) is 11.2. The smallest absolute Gasteiger partial charge is 0.192 e. The summed E-state index contributed by atoms with van der Waals surface area (Å²) in [6, 6.07) is 15.2. The summed E-state index contributed by atoms with van der Waals surface area (Å²) in [5, 5.41) is 1.14. The topological polar surface area (TPSA) is 26.3 Å². The molecule has 0 aliphatic carbocycles. The Morgan fingerprint density at radius 3 is 2.20 bits per heavy atom. The Morgan fingerprint density at radius 1 is 1.00 bits per heavy atom. The highest BCUT2D eigenvalue weighted by Crippen LogP contribution is 2.17. The van der Waals surface area contributed by atoms with E-state index in [2.05, 4.69) is 19.6 Å². The van der Waals surface area contributed by atoms with Gasteiger partial charge < -0.3 is 4.74 Å². The minimum atomic E-state index is -1.62. The molecular formula is C17H20O2Si. The van der Waals surface area contributed by atoms with Gasteiger partial charge in [0.25, 0.3) is 0 Å². The van der Waals surface area contributed by atoms with E-state index in [4.69, 9.17) is 4.74 Å². The zero-order valence-corrected chi connectivity index (χ0v) is 13.4. The molecule has 3 heteroatoms. The van der Waals surface area contributed by atoms with Crippen LogP contribution in [0.25, 0.3) is 0 Å². The third-order valence-electron chi connectivity index (χ3n) is 3.32. The van der Waals surface area contributed by atoms with Gasteiger partial charge in [-0.3, -0.25) is 4.79 Å². The van der Waals surface area contributed by atoms with Gasteiger partial charge >= 0.3 is 0 Å². The molecule has 0 aromatic heterocycles. The average Bonchev–Trinajstić information content (AvgIpc) is 2.46. The maximum absolute atomic E-state index is 12.7. The first kappa shape index (κ1) is 14.5. The maximum atomic E-state index is 12.7. The number of hydrogen-bond acceptors (Lipinski definition) is 2. The number of carbonyl (C=O) groups is 1. The van der Waals surface area contributed by atoms with Crippen LogP contribution in [0.2, 0.25) is 19.6 Å². The molecule has 0 aliphatic rings. The van der Waals surface area contributed by atoms with Crippen LogP contribution in [0.4, 0.5) is 0 Å². The van der Waals surface area contributed by atoms with E-state index in [1.54, 1.807) is 7.11 Å². The van der Waals surface area contributed by atoms with Gasteiger partial charge in [0.1, 0.15) is 5.75 Å². The minimum Gasteiger partial charge on any atom is -0.497 e. The number of carbonyl (C=O) groups excluding carboxylic acids is 1. The van der Waals surface area contributed by atoms with E-state index in [1.165, 1.54) is 0 Å². The summed E-state index contributed by atoms with van der Waals surface area (Å²) in [6.07, 6.45) is 0. The average molecular weight is 284 g/mol. The Hall–Kier alpha value is -1.87. The Kier molecular flexibility index (Phi) is 4.09. The molecule has 0 spiro atoms. The SMILES string of the molecule is COc1ccc(C(=O)c2ccccc2)c([Si](C)(C)C)c1. The van der Waals surface area contributed by atoms with E-state index < -0.39 is 8.07 Å². The molecular weight excluding hydrogens is 264 g/mol. The Balaban J connectivity index is 2.54. The highest BCUT2D eigenvalue weighted by Gasteiger charge is 2.24. The molecule has 0 N–H and O–H groups in total. The van der Waals surface area contributed by atoms with Gasteiger partial charge in [-0.15, -0.1) is 0 Å². The molecule has 0 bridgehead atoms. The second-order valence-corrected chi connectivity index (χ2v) is 10.9. The largest absolute Gasteiger partial charge is 0.497 e. The lowest BCUT2D eigenvalue weighted by Crippen LogP contribution is -2.41. The zero-order chi connectivity index (χ0) is 14.8. The minimum absolute atomic E-state index is 0.0886. The van der Waals surface area contributed by atoms with E-state index in [1.807, 2.05) is 48.5 Å². The number of hydrogen-bond donors (Lipinski definition) is 0. The van der Waals surface area contributed by atoms with Crippen molar-refractivity contribution in [2.75, 3.05) is 7.11 Å². The summed E-state index contributed by atoms with van der Waals surface area (Å²) in [6.45, 7) is 6.72. The second kappa shape index (κ2) is 5.63. The van der Waals surface area contributed by atoms with Crippen LogP contribution >= 0.6 is 0 Å². The fraction of sp³-hybridized carbons (Fsp3) is 0.235. The van der Waals surface area contributed by atoms with Gasteiger partial charge in [0, 0.05) is 11.1 Å². The number of benzene rings is 2. The van der Waals surface area contributed by atoms with Gasteiger partial charge in [-0.25, -0.2) is 0 Å². The summed E-state index contributed by atoms with van der Waals surface area (Å²) in [4.78, 5) is 12.7. The van der Waals surface area contributed by atoms with Gasteiger partial charge in [-0.1, -0.05) is 50.0 Å². The highest BCUT2D eigenvalue weighted by molar-refractivity contribution is 6.89. The molecule has 0 heterocycles. The monoisotopic (exact) mass is 284 g/mol. The molecule has 2 aromatic rings. The van der Waals surface area contributed by atoms with Gasteiger partial charge in [0.05, 0.1) is 15.2 Å². The van der Waals surface area contributed by atoms with Crippen LogP contribution < -0.4 is 9.92 Å². The van der Waals surface area contributed by atoms with Gasteiger partial charge in [-0.2, -0.15) is 0 Å². The predicted octanol–water partition coefficient (Wildman–Crippen LogP) is 3.47. The Labute approximate surface area is 121 Å². The number of ether oxygens (including phenoxy) is 1. The van der Waals surface area contributed by atoms with E-state index in [0.29, 0.717) is 0 Å². The molecule has 0 saturated heterocycles. The van der Waals surface area contributed by atoms with Gasteiger partial charge in [-0.05, 0) is 23.4 Å². The third-order valence-corrected chi connectivity index (χ3v) is 5.35. The van der Waals surface area contributed by atoms with Crippen molar-refractivity contribution < 1.29 is 9.53 Å². The van der Waals surface area contributed by atoms with E-state index >= 15 is 0 Å². The van der Waals surface area contributed by atoms with Crippen molar-refractivity contribution in [2.24, 2.45) is 0 Å². The van der Waals surface area contributed by atoms with E-state index in [0.717, 1.165) is 22.1 Å². The molecule has 0 amide bonds. The van der Waals surface area contributed by atoms with Crippen LogP contribution in [0.15, 0.2) is 48.5 Å². The molecule has 0 saturated carbocycles. The first-order valence-electron chi connectivity index (χ1n) is 6.72. The quantitative estimate of drug-likeness (QED) is 0.635. The molecule has 2 nitrogen and oxygen atoms in total. The summed E-state index contributed by atoms with van der Waals surface area (Å²) < 4.78 is 5.30. The van der Waals surface area contributed by atoms with Crippen molar-refractivity contribution in [3.63, 3.8) is 0 Å². The summed E-state index contributed by atoms with van der Waals surface area (Å²) >= 11 is 0. The first-order chi connectivity index (χ1) is 9.43. The summed E-state index contributed by atoms with van der Waals surface area (Å²) in [7, 11) is 0.0328. The van der Waals surface area contributed by atoms with Crippen molar-refractivity contribution in [1.29, 1.82) is 0 Å². The molecule has 0 unspecified atom stereocenters. The fourth-order valence-electron chi connectivity index (χ4n) is 2.21. The third kappa shape index (κ3) is 2.99. The van der Waals surface area contributed by atoms with Crippen LogP contribution in [0, 0.1) is 0 Å². The number of methoxy groups -OCH3 is 1. The van der Waals surface area contributed by atoms with E-state index in [-0.39, 0.29) is 5.78 Å². The van der Waals surface area contributed by atoms with Gasteiger partial charge in [0.15, 0.2) is 5.78 Å². The van der Waals surface area contributed by atoms with Gasteiger partial charge in [0.2, 0.25) is 0 Å². The lowest BCUT2D eigenvalue weighted by molar-refractivity contribution is 0.103. The number of rotatable bonds is 4. The number of ketones is 1. The molecule has 104 valence electrons. The van der Waals surface area contributed by atoms with Crippen molar-refractivity contribution in [3.8, 4) is 5.75 Å². The van der Waals surface area contributed by atoms with Crippen LogP contribution in [0.5, 0.6) is 5.75 Å². The lowest BCUT2D eigenvalue weighted by Gasteiger charge is -2.21. The standard InChI is InChI=1S/C17H20O2Si/c1-19-14-10-11-15(16(12-14)20(2,3)4)17(18)13-8-6-5-7-9-13/h5-12H,1-4H3. The summed E-state index contributed by atoms with van der Waals surface area (Å²) in [5.41, 5.74) is 1.54. The molecule has 0 atom stereocenters. The summed E-state index contributed by atoms with van der Waals surface area (Å²) in [5.74, 6) is 0.901. The maximum Gasteiger partial charge on any atom is 0.192 e. The zero-order valence-electron chi connectivity index (χ0n) is 12.4. The van der Waals surface area contributed by atoms with Crippen LogP contribution in [0.1, 0.15) is 15.9 Å². The Bertz CT molecular complexity index is 613. The van der Waals surface area contributed by atoms with Crippen molar-refractivity contribution in [2.45, 2.75) is 19.6 Å². The van der Waals surface area contributed by atoms with Crippen LogP contribution in [-0.4, -0.2) is 21.0 Å². The lowest BCUT2D eigenvalue weighted by atomic mass is 10.0. The Morgan fingerprint density at radius 2 is 1.65 bits per heavy atom. The van der Waals surface area contributed by atoms with Crippen molar-refractivity contribution in [1.82, 2.24) is 0 Å². The van der Waals surface area contributed by atoms with Crippen LogP contribution in [0.3, 0.4) is 0 Å². The molecule has 2 rings (SSSR count). The van der Waals surface area contributed by atoms with Crippen LogP contribution in [-0.2, 0) is 0 Å². The second-order valence-electron chi connectivity index (χ2n) is 5.86. The highest BCUT2D eigenvalue weighted by atomic mass is 28.3. The molecule has 0 radical (unpaired) electrons. The van der Waals surface area contributed by atoms with Crippen molar-refractivity contribution in [3.05, 3.63) is 59.7 Å². The first-order valence-corrected chi connectivity index (χ1v) is 10.2. The molecule has 20 heavy (non-hydrogen) atoms. The van der Waals surface area contributed by atoms with Crippen molar-refractivity contribution >= 4 is 19.0 Å². The predicted molar refractivity (Wildman–Crippen MR) is 85.8 cm³/mol. The van der Waals surface area contributed by atoms with E-state index in [9.17, 15) is 4.79 Å². The fourth-order valence-corrected chi connectivity index (χ4v) is 3.79.